The molecular formula is C15H33N. The van der Waals surface area contributed by atoms with E-state index in [9.17, 15) is 0 Å². The van der Waals surface area contributed by atoms with Crippen molar-refractivity contribution in [3.05, 3.63) is 25.3 Å². The number of hydrogen-bond acceptors (Lipinski definition) is 1. The van der Waals surface area contributed by atoms with Gasteiger partial charge in [0.25, 0.3) is 0 Å². The summed E-state index contributed by atoms with van der Waals surface area (Å²) in [5.41, 5.74) is 0. The Morgan fingerprint density at radius 1 is 1.06 bits per heavy atom. The molecule has 0 aliphatic rings. The fourth-order valence-electron chi connectivity index (χ4n) is 1.00. The van der Waals surface area contributed by atoms with Gasteiger partial charge in [-0.25, -0.2) is 0 Å². The van der Waals surface area contributed by atoms with Gasteiger partial charge in [0.1, 0.15) is 0 Å². The Bertz CT molecular complexity index is 119. The molecule has 0 aliphatic carbocycles. The van der Waals surface area contributed by atoms with E-state index in [-0.39, 0.29) is 0 Å². The Labute approximate surface area is 104 Å². The van der Waals surface area contributed by atoms with Gasteiger partial charge < -0.3 is 4.90 Å². The Balaban J connectivity index is -0.000000289. The first-order valence-corrected chi connectivity index (χ1v) is 6.52. The zero-order valence-corrected chi connectivity index (χ0v) is 12.3. The molecule has 0 atom stereocenters. The van der Waals surface area contributed by atoms with Crippen LogP contribution in [0.5, 0.6) is 0 Å². The minimum Gasteiger partial charge on any atom is -0.306 e. The molecule has 0 spiro atoms. The molecule has 1 nitrogen and oxygen atoms in total. The number of nitrogens with zero attached hydrogens (tertiary/aromatic N) is 1. The highest BCUT2D eigenvalue weighted by Crippen LogP contribution is 1.93. The van der Waals surface area contributed by atoms with Gasteiger partial charge in [-0.1, -0.05) is 45.8 Å². The van der Waals surface area contributed by atoms with Crippen LogP contribution < -0.4 is 0 Å². The molecule has 16 heavy (non-hydrogen) atoms. The minimum atomic E-state index is 1.19. The van der Waals surface area contributed by atoms with Crippen LogP contribution in [0, 0.1) is 0 Å². The van der Waals surface area contributed by atoms with E-state index in [2.05, 4.69) is 65.0 Å². The van der Waals surface area contributed by atoms with Gasteiger partial charge in [-0.2, -0.15) is 0 Å². The topological polar surface area (TPSA) is 3.24 Å². The molecule has 98 valence electrons. The fourth-order valence-corrected chi connectivity index (χ4v) is 1.00. The van der Waals surface area contributed by atoms with Crippen LogP contribution in [0.2, 0.25) is 0 Å². The first-order valence-electron chi connectivity index (χ1n) is 6.52. The van der Waals surface area contributed by atoms with E-state index in [1.807, 2.05) is 0 Å². The van der Waals surface area contributed by atoms with Gasteiger partial charge in [-0.05, 0) is 33.4 Å². The molecule has 0 aromatic heterocycles. The van der Waals surface area contributed by atoms with Gasteiger partial charge in [-0.15, -0.1) is 13.2 Å². The lowest BCUT2D eigenvalue weighted by Gasteiger charge is -2.14. The SMILES string of the molecule is C=C.CC=CCCN(C)CCCC.CCC. The van der Waals surface area contributed by atoms with E-state index in [0.29, 0.717) is 0 Å². The monoisotopic (exact) mass is 227 g/mol. The molecule has 0 rings (SSSR count). The van der Waals surface area contributed by atoms with Crippen LogP contribution in [0.1, 0.15) is 53.4 Å². The highest BCUT2D eigenvalue weighted by atomic mass is 15.1. The molecule has 0 N–H and O–H groups in total. The van der Waals surface area contributed by atoms with Crippen molar-refractivity contribution in [2.45, 2.75) is 53.4 Å². The quantitative estimate of drug-likeness (QED) is 0.583. The third-order valence-corrected chi connectivity index (χ3v) is 1.81. The lowest BCUT2D eigenvalue weighted by Crippen LogP contribution is -2.20. The van der Waals surface area contributed by atoms with Crippen molar-refractivity contribution in [1.82, 2.24) is 4.90 Å². The lowest BCUT2D eigenvalue weighted by atomic mass is 10.3. The highest BCUT2D eigenvalue weighted by molar-refractivity contribution is 4.77. The third-order valence-electron chi connectivity index (χ3n) is 1.81. The maximum atomic E-state index is 3.00. The predicted molar refractivity (Wildman–Crippen MR) is 79.1 cm³/mol. The first-order chi connectivity index (χ1) is 7.72. The van der Waals surface area contributed by atoms with E-state index in [1.54, 1.807) is 0 Å². The Kier molecular flexibility index (Phi) is 31.1. The molecule has 0 amide bonds. The molecule has 0 radical (unpaired) electrons. The van der Waals surface area contributed by atoms with Crippen molar-refractivity contribution in [2.75, 3.05) is 20.1 Å². The van der Waals surface area contributed by atoms with Crippen LogP contribution in [0.15, 0.2) is 25.3 Å². The molecule has 0 bridgehead atoms. The zero-order valence-electron chi connectivity index (χ0n) is 12.3. The van der Waals surface area contributed by atoms with Crippen LogP contribution in [-0.2, 0) is 0 Å². The largest absolute Gasteiger partial charge is 0.306 e. The van der Waals surface area contributed by atoms with Crippen LogP contribution in [0.3, 0.4) is 0 Å². The van der Waals surface area contributed by atoms with Gasteiger partial charge in [-0.3, -0.25) is 0 Å². The summed E-state index contributed by atoms with van der Waals surface area (Å²) in [7, 11) is 2.19. The van der Waals surface area contributed by atoms with Crippen molar-refractivity contribution in [3.63, 3.8) is 0 Å². The van der Waals surface area contributed by atoms with Gasteiger partial charge in [0.15, 0.2) is 0 Å². The molecule has 1 heteroatoms. The molecule has 0 saturated carbocycles. The summed E-state index contributed by atoms with van der Waals surface area (Å²) in [6, 6.07) is 0. The summed E-state index contributed by atoms with van der Waals surface area (Å²) in [6.45, 7) is 17.0. The average molecular weight is 227 g/mol. The minimum absolute atomic E-state index is 1.19. The summed E-state index contributed by atoms with van der Waals surface area (Å²) >= 11 is 0. The van der Waals surface area contributed by atoms with Crippen LogP contribution in [0.4, 0.5) is 0 Å². The molecule has 0 aromatic rings. The van der Waals surface area contributed by atoms with Crippen LogP contribution in [0.25, 0.3) is 0 Å². The normalized spacial score (nSPS) is 9.38. The van der Waals surface area contributed by atoms with Crippen molar-refractivity contribution in [2.24, 2.45) is 0 Å². The lowest BCUT2D eigenvalue weighted by molar-refractivity contribution is 0.334. The van der Waals surface area contributed by atoms with Crippen molar-refractivity contribution >= 4 is 0 Å². The zero-order chi connectivity index (χ0) is 13.2. The van der Waals surface area contributed by atoms with E-state index in [0.717, 1.165) is 0 Å². The fraction of sp³-hybridized carbons (Fsp3) is 0.733. The third kappa shape index (κ3) is 29.2. The van der Waals surface area contributed by atoms with Crippen molar-refractivity contribution < 1.29 is 0 Å². The average Bonchev–Trinajstić information content (AvgIpc) is 2.30. The van der Waals surface area contributed by atoms with Crippen molar-refractivity contribution in [1.29, 1.82) is 0 Å². The summed E-state index contributed by atoms with van der Waals surface area (Å²) in [6.07, 6.45) is 9.41. The Morgan fingerprint density at radius 2 is 1.56 bits per heavy atom. The number of unbranched alkanes of at least 4 members (excludes halogenated alkanes) is 1. The number of allylic oxidation sites excluding steroid dienone is 1. The smallest absolute Gasteiger partial charge is 0.00128 e. The molecule has 0 aliphatic heterocycles. The second-order valence-electron chi connectivity index (χ2n) is 3.72. The van der Waals surface area contributed by atoms with E-state index in [1.165, 1.54) is 38.8 Å². The molecule has 0 fully saturated rings. The molecule has 0 heterocycles. The standard InChI is InChI=1S/C10H21N.C3H8.C2H4/c1-4-6-8-10-11(3)9-7-5-2;1-3-2;1-2/h4,6H,5,7-10H2,1-3H3;3H2,1-2H3;1-2H2. The maximum Gasteiger partial charge on any atom is 0.00128 e. The number of rotatable bonds is 6. The molecule has 0 unspecified atom stereocenters. The Morgan fingerprint density at radius 3 is 1.94 bits per heavy atom. The van der Waals surface area contributed by atoms with E-state index in [4.69, 9.17) is 0 Å². The maximum absolute atomic E-state index is 3.00. The van der Waals surface area contributed by atoms with E-state index >= 15 is 0 Å². The molecule has 0 aromatic carbocycles. The molecular weight excluding hydrogens is 194 g/mol. The van der Waals surface area contributed by atoms with E-state index < -0.39 is 0 Å². The van der Waals surface area contributed by atoms with Crippen LogP contribution in [-0.4, -0.2) is 25.0 Å². The second-order valence-corrected chi connectivity index (χ2v) is 3.72. The number of hydrogen-bond donors (Lipinski definition) is 0. The van der Waals surface area contributed by atoms with Gasteiger partial charge in [0, 0.05) is 6.54 Å². The highest BCUT2D eigenvalue weighted by Gasteiger charge is 1.93. The van der Waals surface area contributed by atoms with Gasteiger partial charge in [0.2, 0.25) is 0 Å². The van der Waals surface area contributed by atoms with Crippen molar-refractivity contribution in [3.8, 4) is 0 Å². The summed E-state index contributed by atoms with van der Waals surface area (Å²) in [5, 5.41) is 0. The Hall–Kier alpha value is -0.560. The summed E-state index contributed by atoms with van der Waals surface area (Å²) < 4.78 is 0. The van der Waals surface area contributed by atoms with Gasteiger partial charge >= 0.3 is 0 Å². The van der Waals surface area contributed by atoms with Gasteiger partial charge in [0.05, 0.1) is 0 Å². The second kappa shape index (κ2) is 23.9. The summed E-state index contributed by atoms with van der Waals surface area (Å²) in [5.74, 6) is 0. The predicted octanol–water partition coefficient (Wildman–Crippen LogP) is 4.90. The summed E-state index contributed by atoms with van der Waals surface area (Å²) in [4.78, 5) is 2.39. The molecule has 0 saturated heterocycles. The van der Waals surface area contributed by atoms with Crippen LogP contribution >= 0.6 is 0 Å². The first kappa shape index (κ1) is 20.8.